The highest BCUT2D eigenvalue weighted by atomic mass is 16.3. The van der Waals surface area contributed by atoms with Crippen LogP contribution in [0.5, 0.6) is 0 Å². The quantitative estimate of drug-likeness (QED) is 0.0437. The maximum Gasteiger partial charge on any atom is 0.220 e. The lowest BCUT2D eigenvalue weighted by Gasteiger charge is -2.20. The normalized spacial score (nSPS) is 13.4. The molecule has 4 nitrogen and oxygen atoms in total. The lowest BCUT2D eigenvalue weighted by Crippen LogP contribution is -2.45. The fraction of sp³-hybridized carbons (Fsp3) is 0.809. The monoisotopic (exact) mass is 714 g/mol. The van der Waals surface area contributed by atoms with Crippen molar-refractivity contribution in [2.75, 3.05) is 6.61 Å². The van der Waals surface area contributed by atoms with Crippen LogP contribution in [0.1, 0.15) is 226 Å². The van der Waals surface area contributed by atoms with Gasteiger partial charge in [-0.1, -0.05) is 210 Å². The molecular formula is C47H87NO3. The van der Waals surface area contributed by atoms with Crippen LogP contribution in [0.4, 0.5) is 0 Å². The average Bonchev–Trinajstić information content (AvgIpc) is 3.13. The summed E-state index contributed by atoms with van der Waals surface area (Å²) in [5.41, 5.74) is 0. The molecule has 0 radical (unpaired) electrons. The summed E-state index contributed by atoms with van der Waals surface area (Å²) >= 11 is 0. The fourth-order valence-electron chi connectivity index (χ4n) is 6.60. The van der Waals surface area contributed by atoms with E-state index in [9.17, 15) is 15.0 Å². The molecule has 0 saturated heterocycles. The molecule has 0 saturated carbocycles. The second-order valence-electron chi connectivity index (χ2n) is 15.1. The third kappa shape index (κ3) is 39.4. The van der Waals surface area contributed by atoms with Crippen molar-refractivity contribution in [1.29, 1.82) is 0 Å². The number of allylic oxidation sites excluding steroid dienone is 7. The van der Waals surface area contributed by atoms with Crippen molar-refractivity contribution < 1.29 is 15.0 Å². The Morgan fingerprint density at radius 2 is 0.804 bits per heavy atom. The van der Waals surface area contributed by atoms with E-state index in [1.165, 1.54) is 167 Å². The van der Waals surface area contributed by atoms with E-state index in [1.807, 2.05) is 6.08 Å². The van der Waals surface area contributed by atoms with Gasteiger partial charge in [-0.25, -0.2) is 0 Å². The van der Waals surface area contributed by atoms with Gasteiger partial charge in [0.15, 0.2) is 0 Å². The van der Waals surface area contributed by atoms with Crippen molar-refractivity contribution in [1.82, 2.24) is 5.32 Å². The first-order valence-corrected chi connectivity index (χ1v) is 22.4. The predicted octanol–water partition coefficient (Wildman–Crippen LogP) is 14.0. The molecule has 0 fully saturated rings. The van der Waals surface area contributed by atoms with E-state index in [0.29, 0.717) is 6.42 Å². The van der Waals surface area contributed by atoms with Crippen molar-refractivity contribution in [3.05, 3.63) is 48.6 Å². The highest BCUT2D eigenvalue weighted by Crippen LogP contribution is 2.15. The summed E-state index contributed by atoms with van der Waals surface area (Å²) in [7, 11) is 0. The van der Waals surface area contributed by atoms with Crippen molar-refractivity contribution in [3.8, 4) is 0 Å². The Kier molecular flexibility index (Phi) is 41.4. The molecule has 2 unspecified atom stereocenters. The maximum atomic E-state index is 12.3. The number of unbranched alkanes of at least 4 members (excludes halogenated alkanes) is 27. The molecule has 0 spiro atoms. The highest BCUT2D eigenvalue weighted by molar-refractivity contribution is 5.76. The summed E-state index contributed by atoms with van der Waals surface area (Å²) in [6.07, 6.45) is 58.0. The predicted molar refractivity (Wildman–Crippen MR) is 225 cm³/mol. The summed E-state index contributed by atoms with van der Waals surface area (Å²) < 4.78 is 0. The number of carbonyl (C=O) groups excluding carboxylic acids is 1. The maximum absolute atomic E-state index is 12.3. The molecule has 0 aromatic heterocycles. The van der Waals surface area contributed by atoms with Gasteiger partial charge >= 0.3 is 0 Å². The molecule has 298 valence electrons. The van der Waals surface area contributed by atoms with Crippen LogP contribution in [-0.4, -0.2) is 34.9 Å². The third-order valence-corrected chi connectivity index (χ3v) is 10.1. The van der Waals surface area contributed by atoms with Gasteiger partial charge in [-0.2, -0.15) is 0 Å². The molecule has 4 heteroatoms. The van der Waals surface area contributed by atoms with Gasteiger partial charge in [0.2, 0.25) is 5.91 Å². The highest BCUT2D eigenvalue weighted by Gasteiger charge is 2.17. The van der Waals surface area contributed by atoms with Gasteiger partial charge in [0, 0.05) is 6.42 Å². The molecule has 0 bridgehead atoms. The number of aliphatic hydroxyl groups is 2. The zero-order valence-corrected chi connectivity index (χ0v) is 34.1. The van der Waals surface area contributed by atoms with Crippen molar-refractivity contribution in [3.63, 3.8) is 0 Å². The standard InChI is InChI=1S/C47H87NO3/c1-3-5-7-9-11-13-15-16-17-18-19-20-21-22-23-24-25-26-27-28-29-30-31-32-33-35-37-39-41-43-47(51)48-45(44-49)46(50)42-40-38-36-34-14-12-10-8-6-4-2/h15-16,18-19,21-22,40,42,45-46,49-50H,3-14,17,20,23-39,41,43-44H2,1-2H3,(H,48,51)/b16-15-,19-18-,22-21-,42-40+. The molecule has 2 atom stereocenters. The van der Waals surface area contributed by atoms with E-state index >= 15 is 0 Å². The van der Waals surface area contributed by atoms with E-state index in [1.54, 1.807) is 6.08 Å². The minimum atomic E-state index is -0.837. The second kappa shape index (κ2) is 42.8. The van der Waals surface area contributed by atoms with Crippen LogP contribution in [-0.2, 0) is 4.79 Å². The Morgan fingerprint density at radius 3 is 1.20 bits per heavy atom. The minimum absolute atomic E-state index is 0.0673. The van der Waals surface area contributed by atoms with Gasteiger partial charge in [0.1, 0.15) is 0 Å². The number of hydrogen-bond acceptors (Lipinski definition) is 3. The van der Waals surface area contributed by atoms with Crippen LogP contribution in [0.3, 0.4) is 0 Å². The molecule has 0 rings (SSSR count). The van der Waals surface area contributed by atoms with Crippen molar-refractivity contribution in [2.24, 2.45) is 0 Å². The molecule has 51 heavy (non-hydrogen) atoms. The zero-order valence-electron chi connectivity index (χ0n) is 34.1. The Morgan fingerprint density at radius 1 is 0.471 bits per heavy atom. The molecule has 0 aliphatic rings. The van der Waals surface area contributed by atoms with Gasteiger partial charge in [0.05, 0.1) is 18.8 Å². The summed E-state index contributed by atoms with van der Waals surface area (Å²) in [4.78, 5) is 12.3. The Labute approximate surface area is 318 Å². The molecule has 1 amide bonds. The van der Waals surface area contributed by atoms with Crippen LogP contribution in [0.15, 0.2) is 48.6 Å². The van der Waals surface area contributed by atoms with Gasteiger partial charge in [-0.05, 0) is 57.8 Å². The first kappa shape index (κ1) is 49.4. The smallest absolute Gasteiger partial charge is 0.220 e. The minimum Gasteiger partial charge on any atom is -0.394 e. The van der Waals surface area contributed by atoms with Crippen molar-refractivity contribution in [2.45, 2.75) is 238 Å². The summed E-state index contributed by atoms with van der Waals surface area (Å²) in [5.74, 6) is -0.0673. The lowest BCUT2D eigenvalue weighted by molar-refractivity contribution is -0.123. The lowest BCUT2D eigenvalue weighted by atomic mass is 10.0. The van der Waals surface area contributed by atoms with Crippen LogP contribution in [0.25, 0.3) is 0 Å². The Hall–Kier alpha value is -1.65. The van der Waals surface area contributed by atoms with E-state index in [-0.39, 0.29) is 12.5 Å². The van der Waals surface area contributed by atoms with Crippen molar-refractivity contribution >= 4 is 5.91 Å². The topological polar surface area (TPSA) is 69.6 Å². The number of rotatable bonds is 40. The summed E-state index contributed by atoms with van der Waals surface area (Å²) in [6.45, 7) is 4.27. The summed E-state index contributed by atoms with van der Waals surface area (Å²) in [5, 5.41) is 22.9. The Balaban J connectivity index is 3.49. The zero-order chi connectivity index (χ0) is 37.1. The molecular weight excluding hydrogens is 627 g/mol. The third-order valence-electron chi connectivity index (χ3n) is 10.1. The molecule has 0 aliphatic heterocycles. The average molecular weight is 714 g/mol. The fourth-order valence-corrected chi connectivity index (χ4v) is 6.60. The molecule has 3 N–H and O–H groups in total. The van der Waals surface area contributed by atoms with E-state index < -0.39 is 12.1 Å². The van der Waals surface area contributed by atoms with E-state index in [0.717, 1.165) is 38.5 Å². The first-order chi connectivity index (χ1) is 25.2. The van der Waals surface area contributed by atoms with E-state index in [4.69, 9.17) is 0 Å². The SMILES string of the molecule is CCCCCCC/C=C\C/C=C\C/C=C\CCCCCCCCCCCCCCCCC(=O)NC(CO)C(O)/C=C/CCCCCCCCCC. The first-order valence-electron chi connectivity index (χ1n) is 22.4. The van der Waals surface area contributed by atoms with Crippen LogP contribution < -0.4 is 5.32 Å². The number of carbonyl (C=O) groups is 1. The molecule has 0 heterocycles. The molecule has 0 aromatic carbocycles. The summed E-state index contributed by atoms with van der Waals surface area (Å²) in [6, 6.07) is -0.620. The Bertz CT molecular complexity index is 816. The molecule has 0 aromatic rings. The van der Waals surface area contributed by atoms with Gasteiger partial charge in [0.25, 0.3) is 0 Å². The number of hydrogen-bond donors (Lipinski definition) is 3. The molecule has 0 aliphatic carbocycles. The largest absolute Gasteiger partial charge is 0.394 e. The van der Waals surface area contributed by atoms with E-state index in [2.05, 4.69) is 55.6 Å². The van der Waals surface area contributed by atoms with Gasteiger partial charge in [-0.3, -0.25) is 4.79 Å². The second-order valence-corrected chi connectivity index (χ2v) is 15.1. The number of aliphatic hydroxyl groups excluding tert-OH is 2. The van der Waals surface area contributed by atoms with Crippen LogP contribution >= 0.6 is 0 Å². The van der Waals surface area contributed by atoms with Crippen LogP contribution in [0, 0.1) is 0 Å². The van der Waals surface area contributed by atoms with Gasteiger partial charge < -0.3 is 15.5 Å². The number of amides is 1. The van der Waals surface area contributed by atoms with Crippen LogP contribution in [0.2, 0.25) is 0 Å². The number of nitrogens with one attached hydrogen (secondary N) is 1. The van der Waals surface area contributed by atoms with Gasteiger partial charge in [-0.15, -0.1) is 0 Å².